The second-order valence-corrected chi connectivity index (χ2v) is 8.08. The van der Waals surface area contributed by atoms with Crippen LogP contribution in [0, 0.1) is 20.8 Å². The monoisotopic (exact) mass is 356 g/mol. The van der Waals surface area contributed by atoms with E-state index in [9.17, 15) is 8.42 Å². The quantitative estimate of drug-likeness (QED) is 0.782. The molecule has 0 atom stereocenters. The van der Waals surface area contributed by atoms with E-state index in [0.717, 1.165) is 10.6 Å². The predicted octanol–water partition coefficient (Wildman–Crippen LogP) is 3.17. The highest BCUT2D eigenvalue weighted by Crippen LogP contribution is 2.26. The molecule has 0 aliphatic carbocycles. The van der Waals surface area contributed by atoms with Gasteiger partial charge in [0.15, 0.2) is 0 Å². The van der Waals surface area contributed by atoms with E-state index in [1.54, 1.807) is 39.0 Å². The summed E-state index contributed by atoms with van der Waals surface area (Å²) < 4.78 is 29.4. The molecule has 0 fully saturated rings. The average molecular weight is 357 g/mol. The molecule has 1 N–H and O–H groups in total. The fourth-order valence-electron chi connectivity index (χ4n) is 2.13. The summed E-state index contributed by atoms with van der Waals surface area (Å²) in [5, 5.41) is 5.47. The number of halogens is 1. The van der Waals surface area contributed by atoms with Crippen molar-refractivity contribution in [2.75, 3.05) is 4.72 Å². The highest BCUT2D eigenvalue weighted by Gasteiger charge is 2.26. The molecule has 0 radical (unpaired) electrons. The van der Waals surface area contributed by atoms with Crippen LogP contribution in [0.3, 0.4) is 0 Å². The fourth-order valence-corrected chi connectivity index (χ4v) is 4.55. The number of hydrogen-bond donors (Lipinski definition) is 1. The van der Waals surface area contributed by atoms with Crippen molar-refractivity contribution in [3.63, 3.8) is 0 Å². The average Bonchev–Trinajstić information content (AvgIpc) is 2.87. The number of aromatic nitrogens is 3. The van der Waals surface area contributed by atoms with E-state index in [0.29, 0.717) is 21.4 Å². The van der Waals surface area contributed by atoms with Gasteiger partial charge in [-0.05, 0) is 38.5 Å². The van der Waals surface area contributed by atoms with Gasteiger partial charge in [-0.2, -0.15) is 18.0 Å². The molecule has 1 aromatic carbocycles. The number of imidazole rings is 1. The number of benzene rings is 1. The Morgan fingerprint density at radius 3 is 2.73 bits per heavy atom. The highest BCUT2D eigenvalue weighted by molar-refractivity contribution is 7.92. The van der Waals surface area contributed by atoms with Crippen LogP contribution in [-0.4, -0.2) is 23.0 Å². The van der Waals surface area contributed by atoms with Crippen molar-refractivity contribution in [3.05, 3.63) is 39.5 Å². The van der Waals surface area contributed by atoms with Crippen molar-refractivity contribution in [1.82, 2.24) is 14.6 Å². The van der Waals surface area contributed by atoms with Crippen LogP contribution in [0.15, 0.2) is 23.2 Å². The Morgan fingerprint density at radius 1 is 1.27 bits per heavy atom. The molecule has 0 saturated carbocycles. The summed E-state index contributed by atoms with van der Waals surface area (Å²) in [7, 11) is -3.82. The summed E-state index contributed by atoms with van der Waals surface area (Å²) in [5.74, 6) is 0. The van der Waals surface area contributed by atoms with Gasteiger partial charge < -0.3 is 0 Å². The molecule has 0 aliphatic heterocycles. The molecule has 9 heteroatoms. The topological polar surface area (TPSA) is 76.4 Å². The third kappa shape index (κ3) is 2.57. The van der Waals surface area contributed by atoms with Crippen LogP contribution in [0.2, 0.25) is 5.02 Å². The second kappa shape index (κ2) is 5.22. The van der Waals surface area contributed by atoms with E-state index in [1.807, 2.05) is 0 Å². The van der Waals surface area contributed by atoms with Gasteiger partial charge in [-0.15, -0.1) is 0 Å². The lowest BCUT2D eigenvalue weighted by Gasteiger charge is -2.10. The smallest absolute Gasteiger partial charge is 0.278 e. The number of nitrogens with zero attached hydrogens (tertiary/aromatic N) is 3. The Hall–Kier alpha value is -1.64. The van der Waals surface area contributed by atoms with Crippen molar-refractivity contribution >= 4 is 43.6 Å². The Morgan fingerprint density at radius 2 is 2.00 bits per heavy atom. The summed E-state index contributed by atoms with van der Waals surface area (Å²) in [6.45, 7) is 5.26. The lowest BCUT2D eigenvalue weighted by atomic mass is 10.2. The minimum absolute atomic E-state index is 0.0474. The lowest BCUT2D eigenvalue weighted by Crippen LogP contribution is -2.17. The number of aryl methyl sites for hydroxylation is 3. The molecule has 116 valence electrons. The van der Waals surface area contributed by atoms with E-state index in [1.165, 1.54) is 15.9 Å². The SMILES string of the molecule is Cc1nn2c(S(=O)(=O)Nc3cc(Cl)ccc3C)c(C)nc2s1. The van der Waals surface area contributed by atoms with Gasteiger partial charge in [0.25, 0.3) is 10.0 Å². The number of anilines is 1. The van der Waals surface area contributed by atoms with Gasteiger partial charge in [-0.1, -0.05) is 29.0 Å². The molecule has 2 aromatic heterocycles. The van der Waals surface area contributed by atoms with Crippen molar-refractivity contribution in [3.8, 4) is 0 Å². The summed E-state index contributed by atoms with van der Waals surface area (Å²) in [6.07, 6.45) is 0. The summed E-state index contributed by atoms with van der Waals surface area (Å²) in [6, 6.07) is 5.04. The normalized spacial score (nSPS) is 12.0. The number of nitrogens with one attached hydrogen (secondary N) is 1. The fraction of sp³-hybridized carbons (Fsp3) is 0.231. The van der Waals surface area contributed by atoms with Crippen molar-refractivity contribution in [2.45, 2.75) is 25.8 Å². The zero-order chi connectivity index (χ0) is 16.1. The third-order valence-electron chi connectivity index (χ3n) is 3.12. The number of hydrogen-bond acceptors (Lipinski definition) is 5. The molecule has 0 bridgehead atoms. The number of fused-ring (bicyclic) bond motifs is 1. The molecule has 0 spiro atoms. The van der Waals surface area contributed by atoms with Crippen molar-refractivity contribution < 1.29 is 8.42 Å². The molecule has 22 heavy (non-hydrogen) atoms. The molecular weight excluding hydrogens is 344 g/mol. The van der Waals surface area contributed by atoms with Crippen LogP contribution in [0.25, 0.3) is 4.96 Å². The van der Waals surface area contributed by atoms with Crippen molar-refractivity contribution in [1.29, 1.82) is 0 Å². The van der Waals surface area contributed by atoms with Gasteiger partial charge in [0, 0.05) is 5.02 Å². The van der Waals surface area contributed by atoms with Gasteiger partial charge in [0.2, 0.25) is 9.99 Å². The minimum Gasteiger partial charge on any atom is -0.278 e. The van der Waals surface area contributed by atoms with Crippen LogP contribution in [0.4, 0.5) is 5.69 Å². The molecule has 0 saturated heterocycles. The highest BCUT2D eigenvalue weighted by atomic mass is 35.5. The van der Waals surface area contributed by atoms with Crippen LogP contribution < -0.4 is 4.72 Å². The van der Waals surface area contributed by atoms with E-state index in [2.05, 4.69) is 14.8 Å². The summed E-state index contributed by atoms with van der Waals surface area (Å²) in [4.78, 5) is 4.81. The minimum atomic E-state index is -3.82. The van der Waals surface area contributed by atoms with Crippen LogP contribution in [-0.2, 0) is 10.0 Å². The molecule has 2 heterocycles. The largest absolute Gasteiger partial charge is 0.281 e. The van der Waals surface area contributed by atoms with Gasteiger partial charge in [-0.3, -0.25) is 4.72 Å². The van der Waals surface area contributed by atoms with Gasteiger partial charge in [-0.25, -0.2) is 4.98 Å². The maximum Gasteiger partial charge on any atom is 0.281 e. The summed E-state index contributed by atoms with van der Waals surface area (Å²) in [5.41, 5.74) is 1.63. The first-order chi connectivity index (χ1) is 10.3. The Labute approximate surface area is 136 Å². The van der Waals surface area contributed by atoms with Gasteiger partial charge in [0.05, 0.1) is 11.4 Å². The lowest BCUT2D eigenvalue weighted by molar-refractivity contribution is 0.592. The van der Waals surface area contributed by atoms with Gasteiger partial charge in [0.1, 0.15) is 5.01 Å². The van der Waals surface area contributed by atoms with Gasteiger partial charge >= 0.3 is 0 Å². The van der Waals surface area contributed by atoms with E-state index in [4.69, 9.17) is 11.6 Å². The second-order valence-electron chi connectivity index (χ2n) is 4.88. The summed E-state index contributed by atoms with van der Waals surface area (Å²) >= 11 is 7.28. The Balaban J connectivity index is 2.12. The molecule has 0 unspecified atom stereocenters. The molecule has 6 nitrogen and oxygen atoms in total. The molecule has 0 amide bonds. The van der Waals surface area contributed by atoms with Crippen LogP contribution in [0.1, 0.15) is 16.3 Å². The van der Waals surface area contributed by atoms with E-state index >= 15 is 0 Å². The molecule has 0 aliphatic rings. The van der Waals surface area contributed by atoms with Crippen LogP contribution in [0.5, 0.6) is 0 Å². The zero-order valence-electron chi connectivity index (χ0n) is 12.1. The van der Waals surface area contributed by atoms with Crippen LogP contribution >= 0.6 is 22.9 Å². The number of rotatable bonds is 3. The molecule has 3 aromatic rings. The van der Waals surface area contributed by atoms with Crippen molar-refractivity contribution in [2.24, 2.45) is 0 Å². The molecular formula is C13H13ClN4O2S2. The number of sulfonamides is 1. The first-order valence-electron chi connectivity index (χ1n) is 6.39. The first kappa shape index (κ1) is 15.3. The standard InChI is InChI=1S/C13H13ClN4O2S2/c1-7-4-5-10(14)6-11(7)17-22(19,20)12-8(2)15-13-18(12)16-9(3)21-13/h4-6,17H,1-3H3. The van der Waals surface area contributed by atoms with E-state index < -0.39 is 10.0 Å². The maximum atomic E-state index is 12.7. The Kier molecular flexibility index (Phi) is 3.62. The maximum absolute atomic E-state index is 12.7. The Bertz CT molecular complexity index is 976. The molecule has 3 rings (SSSR count). The first-order valence-corrected chi connectivity index (χ1v) is 9.07. The van der Waals surface area contributed by atoms with E-state index in [-0.39, 0.29) is 5.03 Å². The predicted molar refractivity (Wildman–Crippen MR) is 87.3 cm³/mol. The zero-order valence-corrected chi connectivity index (χ0v) is 14.5. The third-order valence-corrected chi connectivity index (χ3v) is 5.65.